The average Bonchev–Trinajstić information content (AvgIpc) is 3.09. The van der Waals surface area contributed by atoms with Crippen LogP contribution in [-0.2, 0) is 32.7 Å². The molecule has 0 saturated heterocycles. The largest absolute Gasteiger partial charge is 0.472 e. The maximum atomic E-state index is 12.6. The van der Waals surface area contributed by atoms with Gasteiger partial charge < -0.3 is 18.9 Å². The van der Waals surface area contributed by atoms with Crippen molar-refractivity contribution < 1.29 is 42.1 Å². The topological polar surface area (TPSA) is 108 Å². The standard InChI is InChI=1S/C42H80NO8P/c1-6-8-10-12-14-16-18-20-21-23-24-26-28-30-32-34-41(44)48-38-40(39-50-52(46,47)49-37-36-43(3,4)5)51-42(45)35-33-31-29-27-25-22-19-17-15-13-11-9-7-2/h20-21,24,26,40H,6-19,22-23,25,27-39H2,1-5H3/p+1/b21-20+,26-24+/t40-/m1/s1. The van der Waals surface area contributed by atoms with E-state index in [1.807, 2.05) is 21.1 Å². The summed E-state index contributed by atoms with van der Waals surface area (Å²) < 4.78 is 34.2. The minimum atomic E-state index is -4.37. The number of hydrogen-bond acceptors (Lipinski definition) is 7. The summed E-state index contributed by atoms with van der Waals surface area (Å²) in [5.74, 6) is -0.832. The Morgan fingerprint density at radius 1 is 0.596 bits per heavy atom. The summed E-state index contributed by atoms with van der Waals surface area (Å²) in [6, 6.07) is 0. The lowest BCUT2D eigenvalue weighted by Gasteiger charge is -2.24. The molecule has 0 spiro atoms. The predicted octanol–water partition coefficient (Wildman–Crippen LogP) is 11.6. The molecule has 10 heteroatoms. The van der Waals surface area contributed by atoms with E-state index in [0.29, 0.717) is 23.9 Å². The van der Waals surface area contributed by atoms with E-state index in [4.69, 9.17) is 18.5 Å². The van der Waals surface area contributed by atoms with Gasteiger partial charge in [-0.1, -0.05) is 147 Å². The minimum absolute atomic E-state index is 0.0287. The van der Waals surface area contributed by atoms with Crippen LogP contribution in [0.5, 0.6) is 0 Å². The van der Waals surface area contributed by atoms with E-state index in [-0.39, 0.29) is 26.1 Å². The average molecular weight is 759 g/mol. The quantitative estimate of drug-likeness (QED) is 0.0218. The number of nitrogens with zero attached hydrogens (tertiary/aromatic N) is 1. The van der Waals surface area contributed by atoms with Crippen molar-refractivity contribution in [2.24, 2.45) is 0 Å². The molecule has 9 nitrogen and oxygen atoms in total. The number of likely N-dealkylation sites (N-methyl/N-ethyl adjacent to an activating group) is 1. The second-order valence-corrected chi connectivity index (χ2v) is 16.8. The first-order chi connectivity index (χ1) is 25.0. The molecule has 0 saturated carbocycles. The fraction of sp³-hybridized carbons (Fsp3) is 0.857. The Bertz CT molecular complexity index is 949. The normalized spacial score (nSPS) is 13.9. The molecule has 0 aliphatic rings. The molecule has 0 aromatic rings. The van der Waals surface area contributed by atoms with Crippen LogP contribution in [0.2, 0.25) is 0 Å². The van der Waals surface area contributed by atoms with E-state index >= 15 is 0 Å². The number of ether oxygens (including phenoxy) is 2. The van der Waals surface area contributed by atoms with Crippen LogP contribution in [0.4, 0.5) is 0 Å². The Kier molecular flexibility index (Phi) is 34.2. The van der Waals surface area contributed by atoms with Crippen LogP contribution in [0.3, 0.4) is 0 Å². The van der Waals surface area contributed by atoms with Gasteiger partial charge >= 0.3 is 19.8 Å². The Morgan fingerprint density at radius 2 is 1.04 bits per heavy atom. The number of unbranched alkanes of at least 4 members (excludes halogenated alkanes) is 20. The molecule has 306 valence electrons. The van der Waals surface area contributed by atoms with Gasteiger partial charge in [-0.2, -0.15) is 0 Å². The summed E-state index contributed by atoms with van der Waals surface area (Å²) in [4.78, 5) is 35.2. The van der Waals surface area contributed by atoms with Crippen LogP contribution in [-0.4, -0.2) is 74.9 Å². The van der Waals surface area contributed by atoms with Crippen LogP contribution < -0.4 is 0 Å². The lowest BCUT2D eigenvalue weighted by atomic mass is 10.0. The fourth-order valence-corrected chi connectivity index (χ4v) is 6.37. The van der Waals surface area contributed by atoms with E-state index < -0.39 is 32.5 Å². The van der Waals surface area contributed by atoms with Crippen LogP contribution >= 0.6 is 7.82 Å². The summed E-state index contributed by atoms with van der Waals surface area (Å²) in [5, 5.41) is 0. The SMILES string of the molecule is CCCCCCCC/C=C/C/C=C/CCCCC(=O)OC[C@H](COP(=O)(O)OCC[N+](C)(C)C)OC(=O)CCCCCCCCCCCCCCC. The predicted molar refractivity (Wildman–Crippen MR) is 215 cm³/mol. The molecular formula is C42H81NO8P+. The molecule has 0 bridgehead atoms. The van der Waals surface area contributed by atoms with E-state index in [0.717, 1.165) is 38.5 Å². The first-order valence-corrected chi connectivity index (χ1v) is 22.6. The number of phosphoric ester groups is 1. The molecule has 0 heterocycles. The van der Waals surface area contributed by atoms with Gasteiger partial charge in [0.2, 0.25) is 0 Å². The molecule has 0 aromatic heterocycles. The van der Waals surface area contributed by atoms with Crippen LogP contribution in [0.15, 0.2) is 24.3 Å². The lowest BCUT2D eigenvalue weighted by Crippen LogP contribution is -2.37. The molecular weight excluding hydrogens is 677 g/mol. The Morgan fingerprint density at radius 3 is 1.56 bits per heavy atom. The van der Waals surface area contributed by atoms with E-state index in [9.17, 15) is 19.0 Å². The number of allylic oxidation sites excluding steroid dienone is 4. The van der Waals surface area contributed by atoms with Gasteiger partial charge in [0, 0.05) is 12.8 Å². The van der Waals surface area contributed by atoms with Crippen molar-refractivity contribution in [2.75, 3.05) is 47.5 Å². The highest BCUT2D eigenvalue weighted by molar-refractivity contribution is 7.47. The van der Waals surface area contributed by atoms with E-state index in [1.165, 1.54) is 103 Å². The van der Waals surface area contributed by atoms with Gasteiger partial charge in [-0.3, -0.25) is 18.6 Å². The van der Waals surface area contributed by atoms with Crippen LogP contribution in [0.1, 0.15) is 181 Å². The zero-order valence-corrected chi connectivity index (χ0v) is 35.2. The second-order valence-electron chi connectivity index (χ2n) is 15.4. The van der Waals surface area contributed by atoms with Gasteiger partial charge in [-0.15, -0.1) is 0 Å². The molecule has 1 unspecified atom stereocenters. The lowest BCUT2D eigenvalue weighted by molar-refractivity contribution is -0.870. The number of hydrogen-bond donors (Lipinski definition) is 1. The summed E-state index contributed by atoms with van der Waals surface area (Å²) in [7, 11) is 1.46. The van der Waals surface area contributed by atoms with Gasteiger partial charge in [-0.25, -0.2) is 4.57 Å². The number of phosphoric acid groups is 1. The molecule has 52 heavy (non-hydrogen) atoms. The number of carbonyl (C=O) groups is 2. The highest BCUT2D eigenvalue weighted by Gasteiger charge is 2.27. The number of rotatable bonds is 38. The second kappa shape index (κ2) is 35.2. The van der Waals surface area contributed by atoms with Gasteiger partial charge in [-0.05, 0) is 44.9 Å². The van der Waals surface area contributed by atoms with Crippen molar-refractivity contribution in [2.45, 2.75) is 187 Å². The third kappa shape index (κ3) is 38.2. The fourth-order valence-electron chi connectivity index (χ4n) is 5.63. The van der Waals surface area contributed by atoms with Crippen molar-refractivity contribution in [1.82, 2.24) is 0 Å². The molecule has 0 aromatic carbocycles. The zero-order valence-electron chi connectivity index (χ0n) is 34.3. The summed E-state index contributed by atoms with van der Waals surface area (Å²) in [6.07, 6.45) is 36.5. The first-order valence-electron chi connectivity index (χ1n) is 21.1. The highest BCUT2D eigenvalue weighted by Crippen LogP contribution is 2.43. The molecule has 2 atom stereocenters. The Labute approximate surface area is 319 Å². The molecule has 0 amide bonds. The maximum Gasteiger partial charge on any atom is 0.472 e. The van der Waals surface area contributed by atoms with Crippen molar-refractivity contribution in [1.29, 1.82) is 0 Å². The molecule has 0 rings (SSSR count). The number of carbonyl (C=O) groups excluding carboxylic acids is 2. The molecule has 1 N–H and O–H groups in total. The summed E-state index contributed by atoms with van der Waals surface area (Å²) >= 11 is 0. The smallest absolute Gasteiger partial charge is 0.462 e. The third-order valence-corrected chi connectivity index (χ3v) is 9.97. The van der Waals surface area contributed by atoms with Crippen molar-refractivity contribution in [3.05, 3.63) is 24.3 Å². The third-order valence-electron chi connectivity index (χ3n) is 8.98. The van der Waals surface area contributed by atoms with Gasteiger partial charge in [0.05, 0.1) is 27.7 Å². The van der Waals surface area contributed by atoms with Gasteiger partial charge in [0.1, 0.15) is 19.8 Å². The monoisotopic (exact) mass is 759 g/mol. The first kappa shape index (κ1) is 50.5. The zero-order chi connectivity index (χ0) is 38.6. The van der Waals surface area contributed by atoms with Gasteiger partial charge in [0.25, 0.3) is 0 Å². The van der Waals surface area contributed by atoms with E-state index in [2.05, 4.69) is 38.2 Å². The molecule has 0 fully saturated rings. The number of esters is 2. The minimum Gasteiger partial charge on any atom is -0.462 e. The van der Waals surface area contributed by atoms with Crippen molar-refractivity contribution in [3.63, 3.8) is 0 Å². The Balaban J connectivity index is 4.43. The molecule has 0 aliphatic heterocycles. The molecule has 0 radical (unpaired) electrons. The highest BCUT2D eigenvalue weighted by atomic mass is 31.2. The maximum absolute atomic E-state index is 12.6. The summed E-state index contributed by atoms with van der Waals surface area (Å²) in [6.45, 7) is 4.38. The van der Waals surface area contributed by atoms with Crippen LogP contribution in [0, 0.1) is 0 Å². The Hall–Kier alpha value is -1.51. The van der Waals surface area contributed by atoms with Gasteiger partial charge in [0.15, 0.2) is 6.10 Å². The molecule has 0 aliphatic carbocycles. The summed E-state index contributed by atoms with van der Waals surface area (Å²) in [5.41, 5.74) is 0. The number of quaternary nitrogens is 1. The van der Waals surface area contributed by atoms with Crippen molar-refractivity contribution in [3.8, 4) is 0 Å². The van der Waals surface area contributed by atoms with E-state index in [1.54, 1.807) is 0 Å². The van der Waals surface area contributed by atoms with Crippen LogP contribution in [0.25, 0.3) is 0 Å². The van der Waals surface area contributed by atoms with Crippen molar-refractivity contribution >= 4 is 19.8 Å².